The fourth-order valence-corrected chi connectivity index (χ4v) is 1.47. The van der Waals surface area contributed by atoms with Crippen LogP contribution in [-0.4, -0.2) is 37.9 Å². The minimum Gasteiger partial charge on any atom is -0.449 e. The van der Waals surface area contributed by atoms with Crippen molar-refractivity contribution in [1.29, 1.82) is 0 Å². The third-order valence-electron chi connectivity index (χ3n) is 2.32. The summed E-state index contributed by atoms with van der Waals surface area (Å²) >= 11 is 0. The van der Waals surface area contributed by atoms with Crippen molar-refractivity contribution >= 4 is 23.7 Å². The summed E-state index contributed by atoms with van der Waals surface area (Å²) in [5.74, 6) is 0. The van der Waals surface area contributed by atoms with Gasteiger partial charge in [0.05, 0.1) is 17.7 Å². The topological polar surface area (TPSA) is 97.1 Å². The van der Waals surface area contributed by atoms with E-state index in [1.54, 1.807) is 38.1 Å². The second-order valence-electron chi connectivity index (χ2n) is 3.99. The largest absolute Gasteiger partial charge is 0.449 e. The second-order valence-corrected chi connectivity index (χ2v) is 3.99. The summed E-state index contributed by atoms with van der Waals surface area (Å²) in [5, 5.41) is 14.6. The van der Waals surface area contributed by atoms with Crippen molar-refractivity contribution in [3.05, 3.63) is 33.9 Å². The highest BCUT2D eigenvalue weighted by molar-refractivity contribution is 5.84. The predicted octanol–water partition coefficient (Wildman–Crippen LogP) is 1.74. The highest BCUT2D eigenvalue weighted by Gasteiger charge is 2.15. The molecule has 0 spiro atoms. The highest BCUT2D eigenvalue weighted by atomic mass is 16.6. The number of hydrogen-bond acceptors (Lipinski definition) is 6. The average Bonchev–Trinajstić information content (AvgIpc) is 2.38. The van der Waals surface area contributed by atoms with Crippen molar-refractivity contribution in [3.8, 4) is 0 Å². The lowest BCUT2D eigenvalue weighted by atomic mass is 10.2. The van der Waals surface area contributed by atoms with Gasteiger partial charge in [0.1, 0.15) is 5.69 Å². The minimum atomic E-state index is -0.678. The Bertz CT molecular complexity index is 528. The molecule has 1 N–H and O–H groups in total. The molecule has 8 nitrogen and oxygen atoms in total. The van der Waals surface area contributed by atoms with Gasteiger partial charge in [0.25, 0.3) is 5.69 Å². The van der Waals surface area contributed by atoms with Gasteiger partial charge in [-0.25, -0.2) is 10.2 Å². The van der Waals surface area contributed by atoms with Crippen LogP contribution in [0.15, 0.2) is 23.3 Å². The van der Waals surface area contributed by atoms with Crippen molar-refractivity contribution in [3.63, 3.8) is 0 Å². The molecule has 0 heterocycles. The zero-order chi connectivity index (χ0) is 15.1. The molecule has 0 atom stereocenters. The lowest BCUT2D eigenvalue weighted by molar-refractivity contribution is -0.384. The molecule has 20 heavy (non-hydrogen) atoms. The SMILES string of the molecule is CCOC(=O)N/N=C\c1ccc(N(C)C)c([N+](=O)[O-])c1. The summed E-state index contributed by atoms with van der Waals surface area (Å²) in [5.41, 5.74) is 3.10. The maximum atomic E-state index is 11.0. The van der Waals surface area contributed by atoms with E-state index in [1.807, 2.05) is 0 Å². The lowest BCUT2D eigenvalue weighted by Crippen LogP contribution is -2.18. The number of hydrazone groups is 1. The van der Waals surface area contributed by atoms with Crippen molar-refractivity contribution < 1.29 is 14.5 Å². The van der Waals surface area contributed by atoms with Gasteiger partial charge in [0.2, 0.25) is 0 Å². The molecule has 0 aliphatic rings. The van der Waals surface area contributed by atoms with E-state index in [1.165, 1.54) is 12.3 Å². The Kier molecular flexibility index (Phi) is 5.45. The Morgan fingerprint density at radius 1 is 1.55 bits per heavy atom. The maximum absolute atomic E-state index is 11.0. The van der Waals surface area contributed by atoms with Crippen LogP contribution in [0.1, 0.15) is 12.5 Å². The Labute approximate surface area is 116 Å². The van der Waals surface area contributed by atoms with Crippen LogP contribution < -0.4 is 10.3 Å². The fraction of sp³-hybridized carbons (Fsp3) is 0.333. The van der Waals surface area contributed by atoms with Crippen LogP contribution in [0.2, 0.25) is 0 Å². The number of anilines is 1. The van der Waals surface area contributed by atoms with Crippen molar-refractivity contribution in [2.45, 2.75) is 6.92 Å². The Morgan fingerprint density at radius 3 is 2.80 bits per heavy atom. The van der Waals surface area contributed by atoms with Gasteiger partial charge in [-0.15, -0.1) is 0 Å². The normalized spacial score (nSPS) is 10.3. The molecule has 1 aromatic carbocycles. The Hall–Kier alpha value is -2.64. The number of nitro benzene ring substituents is 1. The molecule has 1 aromatic rings. The molecule has 0 saturated heterocycles. The summed E-state index contributed by atoms with van der Waals surface area (Å²) in [6.07, 6.45) is 0.631. The number of nitro groups is 1. The molecular weight excluding hydrogens is 264 g/mol. The third kappa shape index (κ3) is 4.23. The number of amides is 1. The molecule has 0 aliphatic heterocycles. The van der Waals surface area contributed by atoms with E-state index in [-0.39, 0.29) is 12.3 Å². The highest BCUT2D eigenvalue weighted by Crippen LogP contribution is 2.26. The summed E-state index contributed by atoms with van der Waals surface area (Å²) < 4.78 is 4.61. The van der Waals surface area contributed by atoms with Crippen LogP contribution in [0.3, 0.4) is 0 Å². The quantitative estimate of drug-likeness (QED) is 0.503. The first-order valence-electron chi connectivity index (χ1n) is 5.87. The van der Waals surface area contributed by atoms with E-state index in [4.69, 9.17) is 0 Å². The predicted molar refractivity (Wildman–Crippen MR) is 75.2 cm³/mol. The molecule has 0 bridgehead atoms. The first kappa shape index (κ1) is 15.4. The zero-order valence-corrected chi connectivity index (χ0v) is 11.5. The molecule has 0 saturated carbocycles. The lowest BCUT2D eigenvalue weighted by Gasteiger charge is -2.12. The van der Waals surface area contributed by atoms with E-state index in [0.29, 0.717) is 11.3 Å². The molecule has 108 valence electrons. The average molecular weight is 280 g/mol. The van der Waals surface area contributed by atoms with Gasteiger partial charge >= 0.3 is 6.09 Å². The Morgan fingerprint density at radius 2 is 2.25 bits per heavy atom. The molecule has 0 radical (unpaired) electrons. The van der Waals surface area contributed by atoms with E-state index < -0.39 is 11.0 Å². The zero-order valence-electron chi connectivity index (χ0n) is 11.5. The number of ether oxygens (including phenoxy) is 1. The summed E-state index contributed by atoms with van der Waals surface area (Å²) in [7, 11) is 3.44. The molecule has 0 fully saturated rings. The van der Waals surface area contributed by atoms with E-state index in [0.717, 1.165) is 0 Å². The van der Waals surface area contributed by atoms with Crippen LogP contribution >= 0.6 is 0 Å². The van der Waals surface area contributed by atoms with Gasteiger partial charge in [-0.1, -0.05) is 6.07 Å². The maximum Gasteiger partial charge on any atom is 0.427 e. The molecule has 8 heteroatoms. The van der Waals surface area contributed by atoms with Gasteiger partial charge in [-0.05, 0) is 13.0 Å². The van der Waals surface area contributed by atoms with Crippen LogP contribution in [-0.2, 0) is 4.74 Å². The first-order valence-corrected chi connectivity index (χ1v) is 5.87. The summed E-state index contributed by atoms with van der Waals surface area (Å²) in [6.45, 7) is 1.91. The number of benzene rings is 1. The van der Waals surface area contributed by atoms with E-state index in [9.17, 15) is 14.9 Å². The van der Waals surface area contributed by atoms with Crippen molar-refractivity contribution in [2.75, 3.05) is 25.6 Å². The van der Waals surface area contributed by atoms with Crippen LogP contribution in [0.25, 0.3) is 0 Å². The fourth-order valence-electron chi connectivity index (χ4n) is 1.47. The molecule has 0 aromatic heterocycles. The number of nitrogens with zero attached hydrogens (tertiary/aromatic N) is 3. The van der Waals surface area contributed by atoms with Crippen LogP contribution in [0.4, 0.5) is 16.2 Å². The Balaban J connectivity index is 2.87. The monoisotopic (exact) mass is 280 g/mol. The summed E-state index contributed by atoms with van der Waals surface area (Å²) in [4.78, 5) is 23.2. The molecule has 1 rings (SSSR count). The number of carbonyl (C=O) groups is 1. The molecule has 0 unspecified atom stereocenters. The van der Waals surface area contributed by atoms with Gasteiger partial charge in [0.15, 0.2) is 0 Å². The van der Waals surface area contributed by atoms with Gasteiger partial charge in [-0.3, -0.25) is 10.1 Å². The van der Waals surface area contributed by atoms with Gasteiger partial charge in [0, 0.05) is 25.7 Å². The van der Waals surface area contributed by atoms with Gasteiger partial charge < -0.3 is 9.64 Å². The van der Waals surface area contributed by atoms with Crippen molar-refractivity contribution in [2.24, 2.45) is 5.10 Å². The smallest absolute Gasteiger partial charge is 0.427 e. The molecule has 0 aliphatic carbocycles. The number of hydrogen-bond donors (Lipinski definition) is 1. The number of rotatable bonds is 5. The van der Waals surface area contributed by atoms with Crippen LogP contribution in [0, 0.1) is 10.1 Å². The minimum absolute atomic E-state index is 0.0323. The third-order valence-corrected chi connectivity index (χ3v) is 2.32. The first-order chi connectivity index (χ1) is 9.45. The molecular formula is C12H16N4O4. The molecule has 1 amide bonds. The summed E-state index contributed by atoms with van der Waals surface area (Å²) in [6, 6.07) is 4.66. The number of carbonyl (C=O) groups excluding carboxylic acids is 1. The standard InChI is InChI=1S/C12H16N4O4/c1-4-20-12(17)14-13-8-9-5-6-10(15(2)3)11(7-9)16(18)19/h5-8H,4H2,1-3H3,(H,14,17)/b13-8-. The second kappa shape index (κ2) is 7.07. The van der Waals surface area contributed by atoms with Gasteiger partial charge in [-0.2, -0.15) is 5.10 Å². The van der Waals surface area contributed by atoms with Crippen LogP contribution in [0.5, 0.6) is 0 Å². The van der Waals surface area contributed by atoms with E-state index >= 15 is 0 Å². The number of nitrogens with one attached hydrogen (secondary N) is 1. The van der Waals surface area contributed by atoms with Crippen molar-refractivity contribution in [1.82, 2.24) is 5.43 Å². The van der Waals surface area contributed by atoms with E-state index in [2.05, 4.69) is 15.3 Å².